The maximum Gasteiger partial charge on any atom is 0.355 e. The Morgan fingerprint density at radius 2 is 2.43 bits per heavy atom. The fourth-order valence-corrected chi connectivity index (χ4v) is 1.03. The third kappa shape index (κ3) is 2.30. The Hall–Kier alpha value is -1.40. The summed E-state index contributed by atoms with van der Waals surface area (Å²) in [5.41, 5.74) is -0.00463. The number of cyclic esters (lactones) is 1. The molecule has 6 heteroatoms. The number of carbonyl (C=O) groups is 2. The molecule has 1 heterocycles. The van der Waals surface area contributed by atoms with Crippen molar-refractivity contribution in [2.45, 2.75) is 19.1 Å². The van der Waals surface area contributed by atoms with Gasteiger partial charge in [-0.2, -0.15) is 0 Å². The second kappa shape index (κ2) is 4.21. The van der Waals surface area contributed by atoms with E-state index < -0.39 is 30.7 Å². The van der Waals surface area contributed by atoms with Crippen molar-refractivity contribution >= 4 is 11.9 Å². The van der Waals surface area contributed by atoms with Crippen molar-refractivity contribution in [3.05, 3.63) is 11.8 Å². The molecular weight excluding hydrogens is 190 g/mol. The van der Waals surface area contributed by atoms with Crippen LogP contribution in [0, 0.1) is 0 Å². The summed E-state index contributed by atoms with van der Waals surface area (Å²) < 4.78 is 4.67. The molecule has 6 nitrogen and oxygen atoms in total. The Morgan fingerprint density at radius 3 is 2.93 bits per heavy atom. The maximum atomic E-state index is 11.0. The van der Waals surface area contributed by atoms with E-state index >= 15 is 0 Å². The van der Waals surface area contributed by atoms with Gasteiger partial charge in [-0.3, -0.25) is 4.79 Å². The number of amides is 1. The lowest BCUT2D eigenvalue weighted by molar-refractivity contribution is -0.145. The van der Waals surface area contributed by atoms with E-state index in [4.69, 9.17) is 10.2 Å². The minimum atomic E-state index is -1.16. The molecule has 0 aromatic carbocycles. The summed E-state index contributed by atoms with van der Waals surface area (Å²) in [5.74, 6) is -1.11. The zero-order valence-electron chi connectivity index (χ0n) is 7.56. The first-order valence-electron chi connectivity index (χ1n) is 4.04. The Morgan fingerprint density at radius 1 is 1.79 bits per heavy atom. The Kier molecular flexibility index (Phi) is 3.21. The molecule has 0 bridgehead atoms. The molecule has 1 rings (SSSR count). The fourth-order valence-electron chi connectivity index (χ4n) is 1.03. The normalized spacial score (nSPS) is 22.6. The molecule has 0 aliphatic carbocycles. The zero-order chi connectivity index (χ0) is 10.7. The van der Waals surface area contributed by atoms with Crippen LogP contribution < -0.4 is 5.32 Å². The van der Waals surface area contributed by atoms with Crippen molar-refractivity contribution in [3.8, 4) is 0 Å². The largest absolute Gasteiger partial charge is 0.450 e. The van der Waals surface area contributed by atoms with Crippen molar-refractivity contribution in [1.82, 2.24) is 5.32 Å². The van der Waals surface area contributed by atoms with E-state index in [0.29, 0.717) is 0 Å². The summed E-state index contributed by atoms with van der Waals surface area (Å²) >= 11 is 0. The summed E-state index contributed by atoms with van der Waals surface area (Å²) in [6.45, 7) is 0.742. The number of esters is 1. The number of ether oxygens (including phenoxy) is 1. The van der Waals surface area contributed by atoms with Gasteiger partial charge in [0.1, 0.15) is 11.8 Å². The van der Waals surface area contributed by atoms with Gasteiger partial charge >= 0.3 is 5.97 Å². The SMILES string of the molecule is CC(=O)NC1=C[C@H]([C@H](O)CO)OC1=O. The summed E-state index contributed by atoms with van der Waals surface area (Å²) in [7, 11) is 0. The molecule has 0 saturated carbocycles. The van der Waals surface area contributed by atoms with Gasteiger partial charge in [0.25, 0.3) is 0 Å². The average molecular weight is 201 g/mol. The summed E-state index contributed by atoms with van der Waals surface area (Å²) in [6.07, 6.45) is -0.787. The third-order valence-electron chi connectivity index (χ3n) is 1.67. The summed E-state index contributed by atoms with van der Waals surface area (Å²) in [4.78, 5) is 21.7. The van der Waals surface area contributed by atoms with Gasteiger partial charge in [-0.25, -0.2) is 4.79 Å². The van der Waals surface area contributed by atoms with Crippen LogP contribution in [0.15, 0.2) is 11.8 Å². The standard InChI is InChI=1S/C8H11NO5/c1-4(11)9-5-2-7(6(12)3-10)14-8(5)13/h2,6-7,10,12H,3H2,1H3,(H,9,11)/t6-,7-/m1/s1. The molecule has 0 saturated heterocycles. The third-order valence-corrected chi connectivity index (χ3v) is 1.67. The molecule has 1 aliphatic heterocycles. The molecule has 0 aromatic rings. The molecule has 0 unspecified atom stereocenters. The van der Waals surface area contributed by atoms with Crippen LogP contribution in [0.1, 0.15) is 6.92 Å². The number of rotatable bonds is 3. The van der Waals surface area contributed by atoms with Crippen LogP contribution in [0.3, 0.4) is 0 Å². The lowest BCUT2D eigenvalue weighted by Crippen LogP contribution is -2.28. The number of hydrogen-bond acceptors (Lipinski definition) is 5. The number of aliphatic hydroxyl groups is 2. The fraction of sp³-hybridized carbons (Fsp3) is 0.500. The lowest BCUT2D eigenvalue weighted by Gasteiger charge is -2.12. The second-order valence-electron chi connectivity index (χ2n) is 2.88. The highest BCUT2D eigenvalue weighted by atomic mass is 16.6. The molecule has 0 aromatic heterocycles. The van der Waals surface area contributed by atoms with Gasteiger partial charge in [0, 0.05) is 6.92 Å². The Balaban J connectivity index is 2.67. The molecule has 0 radical (unpaired) electrons. The van der Waals surface area contributed by atoms with Crippen LogP contribution in [0.25, 0.3) is 0 Å². The van der Waals surface area contributed by atoms with Crippen molar-refractivity contribution < 1.29 is 24.5 Å². The van der Waals surface area contributed by atoms with Gasteiger partial charge < -0.3 is 20.3 Å². The maximum absolute atomic E-state index is 11.0. The molecule has 3 N–H and O–H groups in total. The van der Waals surface area contributed by atoms with Gasteiger partial charge in [0.15, 0.2) is 6.10 Å². The van der Waals surface area contributed by atoms with E-state index in [9.17, 15) is 9.59 Å². The minimum Gasteiger partial charge on any atom is -0.450 e. The van der Waals surface area contributed by atoms with Crippen LogP contribution in [-0.4, -0.2) is 40.9 Å². The number of hydrogen-bond donors (Lipinski definition) is 3. The van der Waals surface area contributed by atoms with Gasteiger partial charge in [-0.15, -0.1) is 0 Å². The summed E-state index contributed by atoms with van der Waals surface area (Å²) in [5, 5.41) is 20.0. The molecule has 78 valence electrons. The highest BCUT2D eigenvalue weighted by molar-refractivity contribution is 5.95. The molecule has 0 fully saturated rings. The molecule has 14 heavy (non-hydrogen) atoms. The lowest BCUT2D eigenvalue weighted by atomic mass is 10.2. The van der Waals surface area contributed by atoms with Gasteiger partial charge in [-0.05, 0) is 6.08 Å². The molecule has 1 amide bonds. The quantitative estimate of drug-likeness (QED) is 0.472. The van der Waals surface area contributed by atoms with Crippen molar-refractivity contribution in [2.24, 2.45) is 0 Å². The van der Waals surface area contributed by atoms with Crippen LogP contribution >= 0.6 is 0 Å². The predicted octanol–water partition coefficient (Wildman–Crippen LogP) is -1.72. The molecular formula is C8H11NO5. The summed E-state index contributed by atoms with van der Waals surface area (Å²) in [6, 6.07) is 0. The van der Waals surface area contributed by atoms with E-state index in [0.717, 1.165) is 0 Å². The van der Waals surface area contributed by atoms with Gasteiger partial charge in [0.05, 0.1) is 6.61 Å². The average Bonchev–Trinajstić information content (AvgIpc) is 2.46. The monoisotopic (exact) mass is 201 g/mol. The predicted molar refractivity (Wildman–Crippen MR) is 44.9 cm³/mol. The van der Waals surface area contributed by atoms with Crippen LogP contribution in [0.2, 0.25) is 0 Å². The van der Waals surface area contributed by atoms with Gasteiger partial charge in [-0.1, -0.05) is 0 Å². The Labute approximate surface area is 80.2 Å². The smallest absolute Gasteiger partial charge is 0.355 e. The number of nitrogens with one attached hydrogen (secondary N) is 1. The Bertz CT molecular complexity index is 285. The number of aliphatic hydroxyl groups excluding tert-OH is 2. The first kappa shape index (κ1) is 10.7. The van der Waals surface area contributed by atoms with Crippen molar-refractivity contribution in [1.29, 1.82) is 0 Å². The topological polar surface area (TPSA) is 95.9 Å². The van der Waals surface area contributed by atoms with E-state index in [1.807, 2.05) is 0 Å². The van der Waals surface area contributed by atoms with Crippen molar-refractivity contribution in [3.63, 3.8) is 0 Å². The zero-order valence-corrected chi connectivity index (χ0v) is 7.56. The van der Waals surface area contributed by atoms with Crippen LogP contribution in [0.4, 0.5) is 0 Å². The highest BCUT2D eigenvalue weighted by Crippen LogP contribution is 2.14. The first-order valence-corrected chi connectivity index (χ1v) is 4.04. The molecule has 2 atom stereocenters. The van der Waals surface area contributed by atoms with Gasteiger partial charge in [0.2, 0.25) is 5.91 Å². The second-order valence-corrected chi connectivity index (χ2v) is 2.88. The minimum absolute atomic E-state index is 0.00463. The van der Waals surface area contributed by atoms with E-state index in [1.165, 1.54) is 13.0 Å². The highest BCUT2D eigenvalue weighted by Gasteiger charge is 2.30. The molecule has 0 spiro atoms. The first-order chi connectivity index (χ1) is 6.54. The van der Waals surface area contributed by atoms with E-state index in [2.05, 4.69) is 10.1 Å². The molecule has 1 aliphatic rings. The van der Waals surface area contributed by atoms with E-state index in [1.54, 1.807) is 0 Å². The van der Waals surface area contributed by atoms with E-state index in [-0.39, 0.29) is 5.70 Å². The van der Waals surface area contributed by atoms with Crippen LogP contribution in [0.5, 0.6) is 0 Å². The van der Waals surface area contributed by atoms with Crippen molar-refractivity contribution in [2.75, 3.05) is 6.61 Å². The number of carbonyl (C=O) groups excluding carboxylic acids is 2. The van der Waals surface area contributed by atoms with Crippen LogP contribution in [-0.2, 0) is 14.3 Å².